The summed E-state index contributed by atoms with van der Waals surface area (Å²) in [5.74, 6) is 0. The number of allylic oxidation sites excluding steroid dienone is 1. The quantitative estimate of drug-likeness (QED) is 0.185. The van der Waals surface area contributed by atoms with Gasteiger partial charge < -0.3 is 0 Å². The summed E-state index contributed by atoms with van der Waals surface area (Å²) in [6.07, 6.45) is 24.0. The highest BCUT2D eigenvalue weighted by Crippen LogP contribution is 2.20. The van der Waals surface area contributed by atoms with Crippen LogP contribution in [0.4, 0.5) is 0 Å². The van der Waals surface area contributed by atoms with Crippen LogP contribution < -0.4 is 0 Å². The lowest BCUT2D eigenvalue weighted by atomic mass is 10.0. The third-order valence-corrected chi connectivity index (χ3v) is 7.81. The van der Waals surface area contributed by atoms with Gasteiger partial charge in [-0.25, -0.2) is 0 Å². The highest BCUT2D eigenvalue weighted by atomic mass is 32.4. The zero-order valence-corrected chi connectivity index (χ0v) is 18.5. The first-order valence-corrected chi connectivity index (χ1v) is 15.5. The largest absolute Gasteiger partial charge is 0.160 e. The van der Waals surface area contributed by atoms with Gasteiger partial charge in [-0.1, -0.05) is 116 Å². The van der Waals surface area contributed by atoms with E-state index in [1.165, 1.54) is 96.3 Å². The lowest BCUT2D eigenvalue weighted by molar-refractivity contribution is 0.536. The molecule has 0 rings (SSSR count). The fourth-order valence-corrected chi connectivity index (χ4v) is 4.93. The van der Waals surface area contributed by atoms with Crippen molar-refractivity contribution in [2.45, 2.75) is 123 Å². The molecule has 0 aromatic rings. The third kappa shape index (κ3) is 22.3. The Morgan fingerprint density at radius 1 is 0.609 bits per heavy atom. The predicted octanol–water partition coefficient (Wildman–Crippen LogP) is 8.94. The van der Waals surface area contributed by atoms with Crippen LogP contribution in [-0.4, -0.2) is 7.22 Å². The molecule has 0 unspecified atom stereocenters. The number of hydrogen-bond donors (Lipinski definition) is 0. The second kappa shape index (κ2) is 17.1. The predicted molar refractivity (Wildman–Crippen MR) is 115 cm³/mol. The zero-order valence-electron chi connectivity index (χ0n) is 16.7. The lowest BCUT2D eigenvalue weighted by Crippen LogP contribution is -2.11. The van der Waals surface area contributed by atoms with Crippen molar-refractivity contribution < 1.29 is 0 Å². The molecular weight excluding hydrogens is 312 g/mol. The van der Waals surface area contributed by atoms with Gasteiger partial charge >= 0.3 is 0 Å². The molecular formula is C21H44SSi. The average molecular weight is 357 g/mol. The molecule has 0 radical (unpaired) electrons. The van der Waals surface area contributed by atoms with E-state index in [-0.39, 0.29) is 0 Å². The summed E-state index contributed by atoms with van der Waals surface area (Å²) in [5.41, 5.74) is 0. The smallest absolute Gasteiger partial charge is 0.113 e. The molecule has 2 heteroatoms. The summed E-state index contributed by atoms with van der Waals surface area (Å²) in [7, 11) is -0.936. The van der Waals surface area contributed by atoms with Crippen molar-refractivity contribution in [3.63, 3.8) is 0 Å². The van der Waals surface area contributed by atoms with E-state index in [0.29, 0.717) is 0 Å². The van der Waals surface area contributed by atoms with Crippen LogP contribution in [0.5, 0.6) is 0 Å². The molecule has 0 N–H and O–H groups in total. The molecule has 0 aromatic heterocycles. The first-order valence-electron chi connectivity index (χ1n) is 10.4. The van der Waals surface area contributed by atoms with E-state index in [2.05, 4.69) is 49.3 Å². The monoisotopic (exact) mass is 356 g/mol. The third-order valence-electron chi connectivity index (χ3n) is 4.24. The second-order valence-corrected chi connectivity index (χ2v) is 17.1. The standard InChI is InChI=1S/C21H44SSi/c1-5-6-7-8-9-10-11-12-13-14-15-16-17-18-19-20-21-22-23(2,3)4/h20-21H,5-19H2,1-4H3. The maximum atomic E-state index is 2.41. The van der Waals surface area contributed by atoms with Gasteiger partial charge in [-0.3, -0.25) is 0 Å². The van der Waals surface area contributed by atoms with Crippen LogP contribution >= 0.6 is 11.2 Å². The Balaban J connectivity index is 3.08. The Hall–Kier alpha value is 0.307. The average Bonchev–Trinajstić information content (AvgIpc) is 2.49. The molecule has 0 aromatic carbocycles. The minimum absolute atomic E-state index is 0.936. The first-order chi connectivity index (χ1) is 11.1. The summed E-state index contributed by atoms with van der Waals surface area (Å²) >= 11 is 2.08. The minimum atomic E-state index is -0.936. The molecule has 0 aliphatic rings. The van der Waals surface area contributed by atoms with Crippen LogP contribution in [0.25, 0.3) is 0 Å². The Morgan fingerprint density at radius 3 is 1.39 bits per heavy atom. The Morgan fingerprint density at radius 2 is 1.00 bits per heavy atom. The molecule has 0 nitrogen and oxygen atoms in total. The zero-order chi connectivity index (χ0) is 17.2. The number of rotatable bonds is 17. The fraction of sp³-hybridized carbons (Fsp3) is 0.905. The van der Waals surface area contributed by atoms with Crippen molar-refractivity contribution in [1.82, 2.24) is 0 Å². The summed E-state index contributed by atoms with van der Waals surface area (Å²) in [5, 5.41) is 2.36. The van der Waals surface area contributed by atoms with Crippen molar-refractivity contribution >= 4 is 18.4 Å². The maximum Gasteiger partial charge on any atom is 0.113 e. The molecule has 23 heavy (non-hydrogen) atoms. The number of hydrogen-bond acceptors (Lipinski definition) is 1. The molecule has 0 fully saturated rings. The van der Waals surface area contributed by atoms with Crippen molar-refractivity contribution in [2.75, 3.05) is 0 Å². The molecule has 0 saturated heterocycles. The molecule has 0 saturated carbocycles. The second-order valence-electron chi connectivity index (χ2n) is 7.99. The molecule has 0 aliphatic heterocycles. The first kappa shape index (κ1) is 23.3. The molecule has 0 aliphatic carbocycles. The Bertz CT molecular complexity index is 255. The highest BCUT2D eigenvalue weighted by molar-refractivity contribution is 8.30. The Kier molecular flexibility index (Phi) is 17.4. The van der Waals surface area contributed by atoms with Gasteiger partial charge in [0.05, 0.1) is 0 Å². The van der Waals surface area contributed by atoms with Gasteiger partial charge in [0.1, 0.15) is 7.22 Å². The lowest BCUT2D eigenvalue weighted by Gasteiger charge is -2.10. The molecule has 0 heterocycles. The van der Waals surface area contributed by atoms with Gasteiger partial charge in [-0.15, -0.1) is 0 Å². The van der Waals surface area contributed by atoms with E-state index in [9.17, 15) is 0 Å². The molecule has 0 atom stereocenters. The topological polar surface area (TPSA) is 0 Å². The van der Waals surface area contributed by atoms with Crippen LogP contribution in [0.1, 0.15) is 103 Å². The van der Waals surface area contributed by atoms with E-state index < -0.39 is 7.22 Å². The van der Waals surface area contributed by atoms with Crippen molar-refractivity contribution in [3.05, 3.63) is 11.5 Å². The van der Waals surface area contributed by atoms with Gasteiger partial charge in [-0.2, -0.15) is 11.2 Å². The van der Waals surface area contributed by atoms with Gasteiger partial charge in [0, 0.05) is 0 Å². The van der Waals surface area contributed by atoms with Crippen LogP contribution in [-0.2, 0) is 0 Å². The summed E-state index contributed by atoms with van der Waals surface area (Å²) < 4.78 is 0. The van der Waals surface area contributed by atoms with Gasteiger partial charge in [0.15, 0.2) is 0 Å². The van der Waals surface area contributed by atoms with E-state index in [1.54, 1.807) is 0 Å². The molecule has 138 valence electrons. The van der Waals surface area contributed by atoms with Crippen LogP contribution in [0.15, 0.2) is 11.5 Å². The van der Waals surface area contributed by atoms with E-state index in [0.717, 1.165) is 0 Å². The minimum Gasteiger partial charge on any atom is -0.160 e. The fourth-order valence-electron chi connectivity index (χ4n) is 2.78. The van der Waals surface area contributed by atoms with Gasteiger partial charge in [0.25, 0.3) is 0 Å². The van der Waals surface area contributed by atoms with Crippen LogP contribution in [0.2, 0.25) is 19.6 Å². The Labute approximate surface area is 152 Å². The SMILES string of the molecule is CCCCCCCCCCCCCCCCC=CS[Si](C)(C)C. The van der Waals surface area contributed by atoms with Crippen molar-refractivity contribution in [3.8, 4) is 0 Å². The maximum absolute atomic E-state index is 2.41. The highest BCUT2D eigenvalue weighted by Gasteiger charge is 2.10. The summed E-state index contributed by atoms with van der Waals surface area (Å²) in [6.45, 7) is 9.53. The van der Waals surface area contributed by atoms with Crippen LogP contribution in [0.3, 0.4) is 0 Å². The van der Waals surface area contributed by atoms with E-state index in [1.807, 2.05) is 0 Å². The molecule has 0 amide bonds. The van der Waals surface area contributed by atoms with Gasteiger partial charge in [0.2, 0.25) is 0 Å². The van der Waals surface area contributed by atoms with E-state index in [4.69, 9.17) is 0 Å². The van der Waals surface area contributed by atoms with E-state index >= 15 is 0 Å². The van der Waals surface area contributed by atoms with Crippen LogP contribution in [0, 0.1) is 0 Å². The number of unbranched alkanes of at least 4 members (excludes halogenated alkanes) is 14. The van der Waals surface area contributed by atoms with Crippen molar-refractivity contribution in [1.29, 1.82) is 0 Å². The molecule has 0 spiro atoms. The summed E-state index contributed by atoms with van der Waals surface area (Å²) in [6, 6.07) is 0. The summed E-state index contributed by atoms with van der Waals surface area (Å²) in [4.78, 5) is 0. The van der Waals surface area contributed by atoms with Crippen molar-refractivity contribution in [2.24, 2.45) is 0 Å². The molecule has 0 bridgehead atoms. The van der Waals surface area contributed by atoms with Gasteiger partial charge in [-0.05, 0) is 18.2 Å². The normalized spacial score (nSPS) is 12.3.